The normalized spacial score (nSPS) is 12.0. The molecule has 0 bridgehead atoms. The minimum Gasteiger partial charge on any atom is -0.458 e. The minimum absolute atomic E-state index is 0.180. The molecule has 4 N–H and O–H groups in total. The summed E-state index contributed by atoms with van der Waals surface area (Å²) >= 11 is 0. The molecule has 0 aliphatic carbocycles. The molecule has 150 valence electrons. The summed E-state index contributed by atoms with van der Waals surface area (Å²) in [4.78, 5) is 21.2. The maximum Gasteiger partial charge on any atom is 0.307 e. The van der Waals surface area contributed by atoms with E-state index in [9.17, 15) is 4.79 Å². The molecule has 28 heavy (non-hydrogen) atoms. The van der Waals surface area contributed by atoms with E-state index in [0.717, 1.165) is 16.4 Å². The van der Waals surface area contributed by atoms with E-state index >= 15 is 0 Å². The number of esters is 1. The van der Waals surface area contributed by atoms with Gasteiger partial charge in [0.15, 0.2) is 5.82 Å². The molecular weight excluding hydrogens is 358 g/mol. The van der Waals surface area contributed by atoms with Crippen molar-refractivity contribution in [3.8, 4) is 0 Å². The van der Waals surface area contributed by atoms with Gasteiger partial charge in [0, 0.05) is 18.5 Å². The molecule has 0 aliphatic rings. The number of imidazole rings is 1. The zero-order valence-electron chi connectivity index (χ0n) is 16.6. The zero-order valence-corrected chi connectivity index (χ0v) is 16.6. The van der Waals surface area contributed by atoms with Gasteiger partial charge in [-0.3, -0.25) is 4.79 Å². The van der Waals surface area contributed by atoms with E-state index in [-0.39, 0.29) is 18.9 Å². The monoisotopic (exact) mass is 385 g/mol. The second-order valence-corrected chi connectivity index (χ2v) is 7.24. The summed E-state index contributed by atoms with van der Waals surface area (Å²) < 4.78 is 13.3. The number of carbonyl (C=O) groups excluding carboxylic acids is 1. The molecule has 3 rings (SSSR count). The van der Waals surface area contributed by atoms with Crippen LogP contribution in [0.25, 0.3) is 21.9 Å². The van der Waals surface area contributed by atoms with Crippen molar-refractivity contribution >= 4 is 33.7 Å². The molecular formula is C20H27N5O3. The number of nitrogen functional groups attached to an aromatic ring is 1. The molecule has 0 aliphatic heterocycles. The largest absolute Gasteiger partial charge is 0.458 e. The van der Waals surface area contributed by atoms with Gasteiger partial charge in [-0.05, 0) is 26.8 Å². The van der Waals surface area contributed by atoms with Gasteiger partial charge in [0.1, 0.15) is 23.5 Å². The van der Waals surface area contributed by atoms with Crippen LogP contribution >= 0.6 is 0 Å². The Morgan fingerprint density at radius 2 is 2.00 bits per heavy atom. The third-order valence-corrected chi connectivity index (χ3v) is 4.40. The highest BCUT2D eigenvalue weighted by Gasteiger charge is 2.27. The fraction of sp³-hybridized carbons (Fsp3) is 0.450. The first-order valence-corrected chi connectivity index (χ1v) is 9.39. The quantitative estimate of drug-likeness (QED) is 0.571. The summed E-state index contributed by atoms with van der Waals surface area (Å²) in [6.07, 6.45) is 0.180. The van der Waals surface area contributed by atoms with Crippen molar-refractivity contribution in [1.29, 1.82) is 0 Å². The first-order chi connectivity index (χ1) is 13.4. The first-order valence-electron chi connectivity index (χ1n) is 9.39. The highest BCUT2D eigenvalue weighted by molar-refractivity contribution is 6.06. The SMILES string of the molecule is CCOCc1nc2c(N)nc3ccccc3c2n1CC(C)(C)OC(=O)CCN. The molecule has 1 aromatic carbocycles. The lowest BCUT2D eigenvalue weighted by atomic mass is 10.1. The van der Waals surface area contributed by atoms with Crippen LogP contribution in [0.15, 0.2) is 24.3 Å². The molecule has 0 spiro atoms. The number of benzene rings is 1. The third-order valence-electron chi connectivity index (χ3n) is 4.40. The summed E-state index contributed by atoms with van der Waals surface area (Å²) in [7, 11) is 0. The number of para-hydroxylation sites is 1. The van der Waals surface area contributed by atoms with E-state index in [0.29, 0.717) is 36.9 Å². The molecule has 0 amide bonds. The Balaban J connectivity index is 2.13. The molecule has 0 fully saturated rings. The van der Waals surface area contributed by atoms with Gasteiger partial charge in [-0.15, -0.1) is 0 Å². The van der Waals surface area contributed by atoms with Crippen molar-refractivity contribution in [2.75, 3.05) is 18.9 Å². The number of hydrogen-bond donors (Lipinski definition) is 2. The molecule has 8 heteroatoms. The van der Waals surface area contributed by atoms with Crippen molar-refractivity contribution in [3.63, 3.8) is 0 Å². The fourth-order valence-electron chi connectivity index (χ4n) is 3.27. The Bertz CT molecular complexity index is 996. The van der Waals surface area contributed by atoms with Crippen LogP contribution < -0.4 is 11.5 Å². The predicted octanol–water partition coefficient (Wildman–Crippen LogP) is 2.37. The number of nitrogens with two attached hydrogens (primary N) is 2. The maximum absolute atomic E-state index is 12.0. The molecule has 2 aromatic heterocycles. The Hall–Kier alpha value is -2.71. The first kappa shape index (κ1) is 20.0. The molecule has 0 unspecified atom stereocenters. The molecule has 0 radical (unpaired) electrons. The predicted molar refractivity (Wildman–Crippen MR) is 109 cm³/mol. The van der Waals surface area contributed by atoms with Crippen molar-refractivity contribution in [3.05, 3.63) is 30.1 Å². The van der Waals surface area contributed by atoms with E-state index in [1.807, 2.05) is 49.6 Å². The number of aromatic nitrogens is 3. The lowest BCUT2D eigenvalue weighted by molar-refractivity contribution is -0.157. The minimum atomic E-state index is -0.764. The van der Waals surface area contributed by atoms with E-state index < -0.39 is 5.60 Å². The van der Waals surface area contributed by atoms with E-state index in [1.54, 1.807) is 0 Å². The lowest BCUT2D eigenvalue weighted by Gasteiger charge is -2.27. The number of nitrogens with zero attached hydrogens (tertiary/aromatic N) is 3. The van der Waals surface area contributed by atoms with Gasteiger partial charge in [0.2, 0.25) is 0 Å². The zero-order chi connectivity index (χ0) is 20.3. The van der Waals surface area contributed by atoms with Crippen molar-refractivity contribution in [1.82, 2.24) is 14.5 Å². The van der Waals surface area contributed by atoms with Gasteiger partial charge in [-0.2, -0.15) is 0 Å². The third kappa shape index (κ3) is 4.07. The number of ether oxygens (including phenoxy) is 2. The molecule has 3 aromatic rings. The standard InChI is InChI=1S/C20H27N5O3/c1-4-27-11-15-24-17-18(13-7-5-6-8-14(13)23-19(17)22)25(15)12-20(2,3)28-16(26)9-10-21/h5-8H,4,9-12,21H2,1-3H3,(H2,22,23). The molecule has 0 saturated carbocycles. The van der Waals surface area contributed by atoms with Crippen LogP contribution in [0.5, 0.6) is 0 Å². The van der Waals surface area contributed by atoms with E-state index in [4.69, 9.17) is 20.9 Å². The second kappa shape index (κ2) is 8.12. The molecule has 0 atom stereocenters. The molecule has 8 nitrogen and oxygen atoms in total. The molecule has 2 heterocycles. The topological polar surface area (TPSA) is 118 Å². The fourth-order valence-corrected chi connectivity index (χ4v) is 3.27. The van der Waals surface area contributed by atoms with Gasteiger partial charge in [0.25, 0.3) is 0 Å². The van der Waals surface area contributed by atoms with Crippen LogP contribution in [0.2, 0.25) is 0 Å². The number of rotatable bonds is 8. The number of hydrogen-bond acceptors (Lipinski definition) is 7. The van der Waals surface area contributed by atoms with Crippen LogP contribution in [0.3, 0.4) is 0 Å². The molecule has 0 saturated heterocycles. The summed E-state index contributed by atoms with van der Waals surface area (Å²) in [6.45, 7) is 7.20. The number of pyridine rings is 1. The maximum atomic E-state index is 12.0. The van der Waals surface area contributed by atoms with Crippen LogP contribution in [0, 0.1) is 0 Å². The smallest absolute Gasteiger partial charge is 0.307 e. The highest BCUT2D eigenvalue weighted by atomic mass is 16.6. The average Bonchev–Trinajstić information content (AvgIpc) is 2.98. The summed E-state index contributed by atoms with van der Waals surface area (Å²) in [6, 6.07) is 7.77. The average molecular weight is 385 g/mol. The van der Waals surface area contributed by atoms with Gasteiger partial charge < -0.3 is 25.5 Å². The Labute approximate surface area is 163 Å². The Kier molecular flexibility index (Phi) is 5.81. The van der Waals surface area contributed by atoms with Gasteiger partial charge in [0.05, 0.1) is 24.0 Å². The summed E-state index contributed by atoms with van der Waals surface area (Å²) in [5, 5.41) is 0.936. The lowest BCUT2D eigenvalue weighted by Crippen LogP contribution is -2.34. The number of carbonyl (C=O) groups is 1. The number of fused-ring (bicyclic) bond motifs is 3. The van der Waals surface area contributed by atoms with Crippen LogP contribution in [0.1, 0.15) is 33.0 Å². The van der Waals surface area contributed by atoms with E-state index in [1.165, 1.54) is 0 Å². The second-order valence-electron chi connectivity index (χ2n) is 7.24. The summed E-state index contributed by atoms with van der Waals surface area (Å²) in [5.74, 6) is 0.752. The van der Waals surface area contributed by atoms with Crippen molar-refractivity contribution in [2.24, 2.45) is 5.73 Å². The van der Waals surface area contributed by atoms with Gasteiger partial charge in [-0.1, -0.05) is 18.2 Å². The Morgan fingerprint density at radius 3 is 2.71 bits per heavy atom. The van der Waals surface area contributed by atoms with Crippen LogP contribution in [-0.4, -0.2) is 39.3 Å². The van der Waals surface area contributed by atoms with Gasteiger partial charge in [-0.25, -0.2) is 9.97 Å². The van der Waals surface area contributed by atoms with E-state index in [2.05, 4.69) is 9.97 Å². The van der Waals surface area contributed by atoms with Crippen LogP contribution in [0.4, 0.5) is 5.82 Å². The Morgan fingerprint density at radius 1 is 1.25 bits per heavy atom. The van der Waals surface area contributed by atoms with Gasteiger partial charge >= 0.3 is 5.97 Å². The van der Waals surface area contributed by atoms with Crippen LogP contribution in [-0.2, 0) is 27.4 Å². The van der Waals surface area contributed by atoms with Crippen molar-refractivity contribution in [2.45, 2.75) is 45.9 Å². The van der Waals surface area contributed by atoms with Crippen molar-refractivity contribution < 1.29 is 14.3 Å². The summed E-state index contributed by atoms with van der Waals surface area (Å²) in [5.41, 5.74) is 13.2. The number of anilines is 1. The highest BCUT2D eigenvalue weighted by Crippen LogP contribution is 2.30.